The van der Waals surface area contributed by atoms with Gasteiger partial charge in [-0.1, -0.05) is 24.3 Å². The maximum absolute atomic E-state index is 12.6. The van der Waals surface area contributed by atoms with Crippen LogP contribution in [-0.4, -0.2) is 39.4 Å². The first kappa shape index (κ1) is 13.5. The summed E-state index contributed by atoms with van der Waals surface area (Å²) in [6.45, 7) is 0.814. The third kappa shape index (κ3) is 2.10. The summed E-state index contributed by atoms with van der Waals surface area (Å²) < 4.78 is -0.282. The smallest absolute Gasteiger partial charge is 0.312 e. The molecule has 4 nitrogen and oxygen atoms in total. The number of carboxylic acid groups (broad SMARTS) is 1. The summed E-state index contributed by atoms with van der Waals surface area (Å²) in [6, 6.07) is 7.53. The molecule has 1 saturated carbocycles. The van der Waals surface area contributed by atoms with Crippen LogP contribution in [0.5, 0.6) is 0 Å². The molecule has 1 amide bonds. The van der Waals surface area contributed by atoms with Crippen LogP contribution in [0.15, 0.2) is 24.3 Å². The number of carbonyl (C=O) groups excluding carboxylic acids is 1. The van der Waals surface area contributed by atoms with Crippen molar-refractivity contribution in [3.63, 3.8) is 0 Å². The van der Waals surface area contributed by atoms with E-state index in [0.717, 1.165) is 24.0 Å². The number of hydrogen-bond acceptors (Lipinski definition) is 3. The number of fused-ring (bicyclic) bond motifs is 1. The molecular weight excluding hydrogens is 274 g/mol. The van der Waals surface area contributed by atoms with E-state index in [0.29, 0.717) is 6.54 Å². The fourth-order valence-electron chi connectivity index (χ4n) is 2.88. The molecule has 1 N–H and O–H groups in total. The van der Waals surface area contributed by atoms with E-state index in [4.69, 9.17) is 0 Å². The minimum absolute atomic E-state index is 0.103. The number of benzene rings is 1. The zero-order chi connectivity index (χ0) is 14.3. The Labute approximate surface area is 122 Å². The monoisotopic (exact) mass is 291 g/mol. The summed E-state index contributed by atoms with van der Waals surface area (Å²) >= 11 is 1.59. The summed E-state index contributed by atoms with van der Waals surface area (Å²) in [4.78, 5) is 25.8. The Kier molecular flexibility index (Phi) is 3.24. The van der Waals surface area contributed by atoms with Gasteiger partial charge in [-0.05, 0) is 30.2 Å². The number of carbonyl (C=O) groups is 2. The number of aliphatic carboxylic acids is 1. The summed E-state index contributed by atoms with van der Waals surface area (Å²) in [6.07, 6.45) is 3.77. The number of rotatable bonds is 3. The van der Waals surface area contributed by atoms with Gasteiger partial charge in [-0.15, -0.1) is 11.8 Å². The summed E-state index contributed by atoms with van der Waals surface area (Å²) in [5, 5.41) is 9.42. The lowest BCUT2D eigenvalue weighted by molar-refractivity contribution is -0.141. The third-order valence-electron chi connectivity index (χ3n) is 4.26. The van der Waals surface area contributed by atoms with E-state index in [-0.39, 0.29) is 17.2 Å². The van der Waals surface area contributed by atoms with E-state index in [1.165, 1.54) is 0 Å². The Morgan fingerprint density at radius 3 is 2.65 bits per heavy atom. The number of amides is 1. The molecule has 1 aliphatic carbocycles. The van der Waals surface area contributed by atoms with E-state index >= 15 is 0 Å². The summed E-state index contributed by atoms with van der Waals surface area (Å²) in [5.74, 6) is -1.36. The molecule has 5 heteroatoms. The molecule has 1 aliphatic heterocycles. The Morgan fingerprint density at radius 1 is 1.35 bits per heavy atom. The molecule has 1 atom stereocenters. The van der Waals surface area contributed by atoms with E-state index in [9.17, 15) is 14.7 Å². The standard InChI is InChI=1S/C15H17NO3S/c1-20-15(6-7-15)14(19)16-8-10-4-2-3-5-11(10)12(9-16)13(17)18/h2-5,12H,6-9H2,1H3,(H,17,18). The Bertz CT molecular complexity index is 568. The molecule has 1 aromatic rings. The highest BCUT2D eigenvalue weighted by molar-refractivity contribution is 8.01. The summed E-state index contributed by atoms with van der Waals surface area (Å²) in [7, 11) is 0. The molecule has 1 heterocycles. The quantitative estimate of drug-likeness (QED) is 0.926. The van der Waals surface area contributed by atoms with E-state index < -0.39 is 11.9 Å². The van der Waals surface area contributed by atoms with E-state index in [1.807, 2.05) is 30.5 Å². The number of thioether (sulfide) groups is 1. The van der Waals surface area contributed by atoms with Crippen molar-refractivity contribution < 1.29 is 14.7 Å². The molecule has 20 heavy (non-hydrogen) atoms. The van der Waals surface area contributed by atoms with Gasteiger partial charge in [0.1, 0.15) is 0 Å². The van der Waals surface area contributed by atoms with Crippen molar-refractivity contribution >= 4 is 23.6 Å². The molecule has 0 spiro atoms. The summed E-state index contributed by atoms with van der Waals surface area (Å²) in [5.41, 5.74) is 1.80. The van der Waals surface area contributed by atoms with Crippen LogP contribution >= 0.6 is 11.8 Å². The molecule has 1 unspecified atom stereocenters. The van der Waals surface area contributed by atoms with Crippen LogP contribution in [0, 0.1) is 0 Å². The van der Waals surface area contributed by atoms with E-state index in [1.54, 1.807) is 16.7 Å². The minimum atomic E-state index is -0.857. The van der Waals surface area contributed by atoms with Gasteiger partial charge in [0.05, 0.1) is 10.7 Å². The van der Waals surface area contributed by atoms with Crippen molar-refractivity contribution in [2.24, 2.45) is 0 Å². The number of hydrogen-bond donors (Lipinski definition) is 1. The van der Waals surface area contributed by atoms with Crippen LogP contribution in [0.25, 0.3) is 0 Å². The van der Waals surface area contributed by atoms with Gasteiger partial charge >= 0.3 is 5.97 Å². The van der Waals surface area contributed by atoms with Crippen LogP contribution in [0.3, 0.4) is 0 Å². The molecule has 0 saturated heterocycles. The molecule has 2 aliphatic rings. The molecular formula is C15H17NO3S. The molecule has 106 valence electrons. The molecule has 1 aromatic carbocycles. The normalized spacial score (nSPS) is 23.1. The lowest BCUT2D eigenvalue weighted by Gasteiger charge is -2.34. The predicted octanol–water partition coefficient (Wildman–Crippen LogP) is 2.09. The van der Waals surface area contributed by atoms with Gasteiger partial charge < -0.3 is 10.0 Å². The maximum Gasteiger partial charge on any atom is 0.312 e. The van der Waals surface area contributed by atoms with Crippen LogP contribution in [0.1, 0.15) is 29.9 Å². The second-order valence-corrected chi connectivity index (χ2v) is 6.66. The van der Waals surface area contributed by atoms with Crippen molar-refractivity contribution in [3.8, 4) is 0 Å². The van der Waals surface area contributed by atoms with Gasteiger partial charge in [-0.3, -0.25) is 9.59 Å². The second-order valence-electron chi connectivity index (χ2n) is 5.47. The lowest BCUT2D eigenvalue weighted by atomic mass is 9.89. The highest BCUT2D eigenvalue weighted by Gasteiger charge is 2.52. The van der Waals surface area contributed by atoms with Crippen LogP contribution < -0.4 is 0 Å². The van der Waals surface area contributed by atoms with Gasteiger partial charge in [0.2, 0.25) is 5.91 Å². The van der Waals surface area contributed by atoms with Gasteiger partial charge in [0.15, 0.2) is 0 Å². The van der Waals surface area contributed by atoms with Crippen LogP contribution in [0.2, 0.25) is 0 Å². The number of nitrogens with zero attached hydrogens (tertiary/aromatic N) is 1. The molecule has 0 radical (unpaired) electrons. The first-order chi connectivity index (χ1) is 9.57. The Morgan fingerprint density at radius 2 is 2.05 bits per heavy atom. The average molecular weight is 291 g/mol. The van der Waals surface area contributed by atoms with Crippen molar-refractivity contribution in [3.05, 3.63) is 35.4 Å². The highest BCUT2D eigenvalue weighted by Crippen LogP contribution is 2.49. The first-order valence-corrected chi connectivity index (χ1v) is 7.95. The SMILES string of the molecule is CSC1(C(=O)N2Cc3ccccc3C(C(=O)O)C2)CC1. The van der Waals surface area contributed by atoms with Crippen LogP contribution in [-0.2, 0) is 16.1 Å². The molecule has 1 fully saturated rings. The fraction of sp³-hybridized carbons (Fsp3) is 0.467. The molecule has 0 aromatic heterocycles. The zero-order valence-electron chi connectivity index (χ0n) is 11.3. The fourth-order valence-corrected chi connectivity index (χ4v) is 3.69. The van der Waals surface area contributed by atoms with Crippen LogP contribution in [0.4, 0.5) is 0 Å². The first-order valence-electron chi connectivity index (χ1n) is 6.72. The topological polar surface area (TPSA) is 57.6 Å². The number of carboxylic acids is 1. The zero-order valence-corrected chi connectivity index (χ0v) is 12.2. The van der Waals surface area contributed by atoms with Gasteiger partial charge in [0, 0.05) is 13.1 Å². The van der Waals surface area contributed by atoms with Crippen molar-refractivity contribution in [1.82, 2.24) is 4.90 Å². The Hall–Kier alpha value is -1.49. The van der Waals surface area contributed by atoms with Gasteiger partial charge in [0.25, 0.3) is 0 Å². The van der Waals surface area contributed by atoms with Crippen molar-refractivity contribution in [2.75, 3.05) is 12.8 Å². The molecule has 0 bridgehead atoms. The van der Waals surface area contributed by atoms with Gasteiger partial charge in [-0.25, -0.2) is 0 Å². The minimum Gasteiger partial charge on any atom is -0.481 e. The Balaban J connectivity index is 1.90. The highest BCUT2D eigenvalue weighted by atomic mass is 32.2. The maximum atomic E-state index is 12.6. The van der Waals surface area contributed by atoms with Crippen molar-refractivity contribution in [1.29, 1.82) is 0 Å². The lowest BCUT2D eigenvalue weighted by Crippen LogP contribution is -2.45. The largest absolute Gasteiger partial charge is 0.481 e. The third-order valence-corrected chi connectivity index (χ3v) is 5.63. The molecule has 3 rings (SSSR count). The predicted molar refractivity (Wildman–Crippen MR) is 77.7 cm³/mol. The van der Waals surface area contributed by atoms with Crippen molar-refractivity contribution in [2.45, 2.75) is 30.1 Å². The van der Waals surface area contributed by atoms with Gasteiger partial charge in [-0.2, -0.15) is 0 Å². The average Bonchev–Trinajstić information content (AvgIpc) is 3.26. The van der Waals surface area contributed by atoms with E-state index in [2.05, 4.69) is 0 Å². The second kappa shape index (κ2) is 4.81.